The van der Waals surface area contributed by atoms with Crippen molar-refractivity contribution < 1.29 is 4.52 Å². The highest BCUT2D eigenvalue weighted by atomic mass is 16.5. The van der Waals surface area contributed by atoms with E-state index in [1.165, 1.54) is 16.7 Å². The molecule has 2 heterocycles. The third kappa shape index (κ3) is 4.20. The number of rotatable bonds is 6. The van der Waals surface area contributed by atoms with E-state index in [0.717, 1.165) is 18.5 Å². The summed E-state index contributed by atoms with van der Waals surface area (Å²) in [6.07, 6.45) is 2.77. The molecule has 4 aromatic rings. The van der Waals surface area contributed by atoms with E-state index >= 15 is 0 Å². The van der Waals surface area contributed by atoms with Crippen molar-refractivity contribution in [3.05, 3.63) is 95.2 Å². The fraction of sp³-hybridized carbons (Fsp3) is 0.130. The molecule has 0 aliphatic rings. The molecule has 5 nitrogen and oxygen atoms in total. The van der Waals surface area contributed by atoms with Gasteiger partial charge in [0.05, 0.1) is 11.3 Å². The Morgan fingerprint density at radius 1 is 0.750 bits per heavy atom. The Bertz CT molecular complexity index is 1060. The molecule has 4 N–H and O–H groups in total. The van der Waals surface area contributed by atoms with Crippen LogP contribution in [0.4, 0.5) is 11.6 Å². The molecular formula is C23H22N4O. The monoisotopic (exact) mass is 370 g/mol. The first-order valence-corrected chi connectivity index (χ1v) is 9.27. The number of hydrogen-bond acceptors (Lipinski definition) is 5. The normalized spacial score (nSPS) is 10.9. The standard InChI is InChI=1S/C23H22N4O/c24-22-13-12-20(23(25)26-22)21-15-19(27-28-21)14-18-10-8-17(9-11-18)7-6-16-4-2-1-3-5-16/h1-5,8-13,15H,6-7,14H2,(H4,24,25,26). The molecule has 0 bridgehead atoms. The lowest BCUT2D eigenvalue weighted by molar-refractivity contribution is 0.425. The van der Waals surface area contributed by atoms with Crippen LogP contribution in [0.25, 0.3) is 11.3 Å². The minimum Gasteiger partial charge on any atom is -0.384 e. The molecule has 2 aromatic carbocycles. The smallest absolute Gasteiger partial charge is 0.170 e. The van der Waals surface area contributed by atoms with Gasteiger partial charge in [0, 0.05) is 12.5 Å². The topological polar surface area (TPSA) is 91.0 Å². The van der Waals surface area contributed by atoms with Crippen molar-refractivity contribution in [1.82, 2.24) is 10.1 Å². The number of anilines is 2. The Morgan fingerprint density at radius 3 is 2.14 bits per heavy atom. The number of nitrogens with zero attached hydrogens (tertiary/aromatic N) is 2. The van der Waals surface area contributed by atoms with Gasteiger partial charge >= 0.3 is 0 Å². The highest BCUT2D eigenvalue weighted by Gasteiger charge is 2.11. The number of nitrogen functional groups attached to an aromatic ring is 2. The first kappa shape index (κ1) is 17.8. The second-order valence-corrected chi connectivity index (χ2v) is 6.83. The molecule has 2 aromatic heterocycles. The van der Waals surface area contributed by atoms with Crippen LogP contribution in [0.1, 0.15) is 22.4 Å². The van der Waals surface area contributed by atoms with Gasteiger partial charge in [0.25, 0.3) is 0 Å². The fourth-order valence-electron chi connectivity index (χ4n) is 3.19. The van der Waals surface area contributed by atoms with E-state index in [0.29, 0.717) is 29.4 Å². The Hall–Kier alpha value is -3.60. The summed E-state index contributed by atoms with van der Waals surface area (Å²) in [5.41, 5.74) is 17.0. The number of benzene rings is 2. The van der Waals surface area contributed by atoms with Gasteiger partial charge in [0.15, 0.2) is 5.76 Å². The molecule has 0 radical (unpaired) electrons. The third-order valence-corrected chi connectivity index (χ3v) is 4.72. The van der Waals surface area contributed by atoms with Crippen LogP contribution in [-0.4, -0.2) is 10.1 Å². The van der Waals surface area contributed by atoms with Gasteiger partial charge in [-0.05, 0) is 41.7 Å². The summed E-state index contributed by atoms with van der Waals surface area (Å²) in [5, 5.41) is 4.16. The van der Waals surface area contributed by atoms with E-state index in [2.05, 4.69) is 58.7 Å². The fourth-order valence-corrected chi connectivity index (χ4v) is 3.19. The van der Waals surface area contributed by atoms with Gasteiger partial charge < -0.3 is 16.0 Å². The van der Waals surface area contributed by atoms with Crippen LogP contribution in [-0.2, 0) is 19.3 Å². The van der Waals surface area contributed by atoms with Gasteiger partial charge in [-0.1, -0.05) is 59.8 Å². The summed E-state index contributed by atoms with van der Waals surface area (Å²) in [6, 6.07) is 24.6. The number of aromatic nitrogens is 2. The minimum absolute atomic E-state index is 0.338. The van der Waals surface area contributed by atoms with Crippen LogP contribution in [0.15, 0.2) is 77.3 Å². The SMILES string of the molecule is Nc1ccc(-c2cc(Cc3ccc(CCc4ccccc4)cc3)no2)c(N)n1. The molecule has 0 spiro atoms. The van der Waals surface area contributed by atoms with Crippen molar-refractivity contribution in [2.75, 3.05) is 11.5 Å². The molecule has 4 rings (SSSR count). The Morgan fingerprint density at radius 2 is 1.43 bits per heavy atom. The van der Waals surface area contributed by atoms with Crippen molar-refractivity contribution in [3.63, 3.8) is 0 Å². The molecule has 0 unspecified atom stereocenters. The first-order valence-electron chi connectivity index (χ1n) is 9.27. The van der Waals surface area contributed by atoms with Crippen LogP contribution in [0, 0.1) is 0 Å². The highest BCUT2D eigenvalue weighted by Crippen LogP contribution is 2.26. The number of nitrogens with two attached hydrogens (primary N) is 2. The quantitative estimate of drug-likeness (QED) is 0.529. The molecule has 140 valence electrons. The first-order chi connectivity index (χ1) is 13.7. The molecule has 0 atom stereocenters. The molecule has 5 heteroatoms. The van der Waals surface area contributed by atoms with E-state index in [4.69, 9.17) is 16.0 Å². The maximum absolute atomic E-state index is 5.92. The maximum Gasteiger partial charge on any atom is 0.170 e. The van der Waals surface area contributed by atoms with Crippen molar-refractivity contribution in [1.29, 1.82) is 0 Å². The Balaban J connectivity index is 1.40. The van der Waals surface area contributed by atoms with Crippen LogP contribution < -0.4 is 11.5 Å². The average molecular weight is 370 g/mol. The molecule has 0 amide bonds. The van der Waals surface area contributed by atoms with E-state index in [9.17, 15) is 0 Å². The van der Waals surface area contributed by atoms with E-state index < -0.39 is 0 Å². The zero-order chi connectivity index (χ0) is 19.3. The number of pyridine rings is 1. The molecule has 0 saturated heterocycles. The van der Waals surface area contributed by atoms with Gasteiger partial charge in [-0.25, -0.2) is 4.98 Å². The van der Waals surface area contributed by atoms with Gasteiger partial charge in [-0.3, -0.25) is 0 Å². The van der Waals surface area contributed by atoms with Crippen molar-refractivity contribution >= 4 is 11.6 Å². The van der Waals surface area contributed by atoms with Crippen LogP contribution in [0.3, 0.4) is 0 Å². The van der Waals surface area contributed by atoms with E-state index in [1.807, 2.05) is 12.1 Å². The Kier molecular flexibility index (Phi) is 5.06. The van der Waals surface area contributed by atoms with Crippen molar-refractivity contribution in [2.45, 2.75) is 19.3 Å². The van der Waals surface area contributed by atoms with Crippen molar-refractivity contribution in [3.8, 4) is 11.3 Å². The average Bonchev–Trinajstić information content (AvgIpc) is 3.16. The largest absolute Gasteiger partial charge is 0.384 e. The summed E-state index contributed by atoms with van der Waals surface area (Å²) in [4.78, 5) is 4.06. The van der Waals surface area contributed by atoms with Gasteiger partial charge in [0.1, 0.15) is 11.6 Å². The second kappa shape index (κ2) is 7.96. The molecule has 0 aliphatic carbocycles. The lowest BCUT2D eigenvalue weighted by atomic mass is 10.0. The van der Waals surface area contributed by atoms with E-state index in [1.54, 1.807) is 12.1 Å². The summed E-state index contributed by atoms with van der Waals surface area (Å²) < 4.78 is 5.44. The van der Waals surface area contributed by atoms with Gasteiger partial charge in [-0.2, -0.15) is 0 Å². The molecule has 0 aliphatic heterocycles. The summed E-state index contributed by atoms with van der Waals surface area (Å²) in [7, 11) is 0. The summed E-state index contributed by atoms with van der Waals surface area (Å²) in [6.45, 7) is 0. The number of aryl methyl sites for hydroxylation is 2. The lowest BCUT2D eigenvalue weighted by Crippen LogP contribution is -1.97. The highest BCUT2D eigenvalue weighted by molar-refractivity contribution is 5.71. The molecule has 0 saturated carbocycles. The zero-order valence-electron chi connectivity index (χ0n) is 15.5. The van der Waals surface area contributed by atoms with Crippen LogP contribution in [0.2, 0.25) is 0 Å². The predicted octanol–water partition coefficient (Wildman–Crippen LogP) is 4.28. The number of hydrogen-bond donors (Lipinski definition) is 2. The Labute approximate surface area is 164 Å². The van der Waals surface area contributed by atoms with Crippen molar-refractivity contribution in [2.24, 2.45) is 0 Å². The lowest BCUT2D eigenvalue weighted by Gasteiger charge is -2.04. The van der Waals surface area contributed by atoms with Gasteiger partial charge in [-0.15, -0.1) is 0 Å². The van der Waals surface area contributed by atoms with Crippen LogP contribution in [0.5, 0.6) is 0 Å². The maximum atomic E-state index is 5.92. The van der Waals surface area contributed by atoms with Crippen LogP contribution >= 0.6 is 0 Å². The second-order valence-electron chi connectivity index (χ2n) is 6.83. The zero-order valence-corrected chi connectivity index (χ0v) is 15.5. The van der Waals surface area contributed by atoms with Gasteiger partial charge in [0.2, 0.25) is 0 Å². The molecular weight excluding hydrogens is 348 g/mol. The van der Waals surface area contributed by atoms with E-state index in [-0.39, 0.29) is 0 Å². The predicted molar refractivity (Wildman–Crippen MR) is 112 cm³/mol. The summed E-state index contributed by atoms with van der Waals surface area (Å²) in [5.74, 6) is 1.32. The molecule has 0 fully saturated rings. The minimum atomic E-state index is 0.338. The third-order valence-electron chi connectivity index (χ3n) is 4.72. The molecule has 28 heavy (non-hydrogen) atoms. The summed E-state index contributed by atoms with van der Waals surface area (Å²) >= 11 is 0.